The first-order valence-electron chi connectivity index (χ1n) is 14.5. The van der Waals surface area contributed by atoms with Gasteiger partial charge in [0.05, 0.1) is 11.9 Å². The van der Waals surface area contributed by atoms with E-state index in [1.54, 1.807) is 30.0 Å². The Balaban J connectivity index is 1.75. The molecule has 0 aromatic heterocycles. The Morgan fingerprint density at radius 3 is 2.26 bits per heavy atom. The SMILES string of the molecule is Cc1ccccc1CN(C(=O)CN(c1cccc(Cl)c1C)S(C)(=O)=O)[C@H](Cc1ccccc1)C(=O)NC1CCCCC1. The minimum Gasteiger partial charge on any atom is -0.352 e. The summed E-state index contributed by atoms with van der Waals surface area (Å²) in [4.78, 5) is 29.9. The number of aryl methyl sites for hydroxylation is 1. The fourth-order valence-electron chi connectivity index (χ4n) is 5.53. The zero-order valence-corrected chi connectivity index (χ0v) is 26.1. The number of amides is 2. The first-order valence-corrected chi connectivity index (χ1v) is 16.7. The predicted octanol–water partition coefficient (Wildman–Crippen LogP) is 5.81. The minimum absolute atomic E-state index is 0.0570. The highest BCUT2D eigenvalue weighted by Crippen LogP contribution is 2.29. The van der Waals surface area contributed by atoms with Gasteiger partial charge in [0, 0.05) is 24.0 Å². The third kappa shape index (κ3) is 8.13. The number of anilines is 1. The number of benzene rings is 3. The minimum atomic E-state index is -3.87. The molecule has 1 atom stereocenters. The van der Waals surface area contributed by atoms with E-state index in [1.165, 1.54) is 0 Å². The Hall–Kier alpha value is -3.36. The van der Waals surface area contributed by atoms with Crippen molar-refractivity contribution in [1.82, 2.24) is 10.2 Å². The molecule has 0 saturated heterocycles. The molecule has 1 fully saturated rings. The van der Waals surface area contributed by atoms with Gasteiger partial charge >= 0.3 is 0 Å². The second kappa shape index (κ2) is 14.2. The summed E-state index contributed by atoms with van der Waals surface area (Å²) in [5, 5.41) is 3.63. The molecule has 0 bridgehead atoms. The second-order valence-electron chi connectivity index (χ2n) is 11.2. The van der Waals surface area contributed by atoms with E-state index >= 15 is 0 Å². The van der Waals surface area contributed by atoms with Crippen molar-refractivity contribution in [2.45, 2.75) is 71.0 Å². The maximum Gasteiger partial charge on any atom is 0.244 e. The third-order valence-electron chi connectivity index (χ3n) is 8.01. The molecule has 1 aliphatic carbocycles. The molecule has 3 aromatic carbocycles. The molecule has 42 heavy (non-hydrogen) atoms. The van der Waals surface area contributed by atoms with Crippen LogP contribution in [0.1, 0.15) is 54.4 Å². The maximum atomic E-state index is 14.3. The van der Waals surface area contributed by atoms with Gasteiger partial charge in [0.15, 0.2) is 0 Å². The average molecular weight is 610 g/mol. The highest BCUT2D eigenvalue weighted by atomic mass is 35.5. The number of carbonyl (C=O) groups is 2. The fraction of sp³-hybridized carbons (Fsp3) is 0.394. The molecule has 3 aromatic rings. The van der Waals surface area contributed by atoms with Gasteiger partial charge in [-0.3, -0.25) is 13.9 Å². The van der Waals surface area contributed by atoms with Crippen molar-refractivity contribution in [1.29, 1.82) is 0 Å². The van der Waals surface area contributed by atoms with Gasteiger partial charge in [-0.1, -0.05) is 91.5 Å². The summed E-state index contributed by atoms with van der Waals surface area (Å²) in [7, 11) is -3.87. The van der Waals surface area contributed by atoms with Crippen molar-refractivity contribution in [3.8, 4) is 0 Å². The van der Waals surface area contributed by atoms with Gasteiger partial charge < -0.3 is 10.2 Å². The molecule has 1 N–H and O–H groups in total. The van der Waals surface area contributed by atoms with E-state index in [0.717, 1.165) is 59.4 Å². The van der Waals surface area contributed by atoms with Gasteiger partial charge in [-0.05, 0) is 61.1 Å². The van der Waals surface area contributed by atoms with E-state index in [1.807, 2.05) is 61.5 Å². The van der Waals surface area contributed by atoms with E-state index in [-0.39, 0.29) is 18.5 Å². The van der Waals surface area contributed by atoms with Crippen LogP contribution in [0.4, 0.5) is 5.69 Å². The van der Waals surface area contributed by atoms with Crippen LogP contribution in [0.2, 0.25) is 5.02 Å². The lowest BCUT2D eigenvalue weighted by atomic mass is 9.94. The molecule has 2 amide bonds. The van der Waals surface area contributed by atoms with Crippen LogP contribution in [0.3, 0.4) is 0 Å². The summed E-state index contributed by atoms with van der Waals surface area (Å²) in [6, 6.07) is 21.5. The molecule has 1 saturated carbocycles. The number of hydrogen-bond donors (Lipinski definition) is 1. The first kappa shape index (κ1) is 31.6. The standard InChI is InChI=1S/C33H40ClN3O4S/c1-24-13-10-11-16-27(24)22-36(32(38)23-37(42(3,40)41)30-20-12-19-29(34)25(30)2)31(21-26-14-6-4-7-15-26)33(39)35-28-17-8-5-9-18-28/h4,6-7,10-16,19-20,28,31H,5,8-9,17-18,21-23H2,1-3H3,(H,35,39)/t31-/m1/s1. The Kier molecular flexibility index (Phi) is 10.7. The van der Waals surface area contributed by atoms with Crippen LogP contribution in [0, 0.1) is 13.8 Å². The van der Waals surface area contributed by atoms with Gasteiger partial charge in [0.25, 0.3) is 0 Å². The Morgan fingerprint density at radius 1 is 0.929 bits per heavy atom. The van der Waals surface area contributed by atoms with E-state index in [4.69, 9.17) is 11.6 Å². The van der Waals surface area contributed by atoms with E-state index in [2.05, 4.69) is 5.32 Å². The Labute approximate surface area is 254 Å². The lowest BCUT2D eigenvalue weighted by molar-refractivity contribution is -0.140. The molecule has 0 aliphatic heterocycles. The van der Waals surface area contributed by atoms with Crippen molar-refractivity contribution < 1.29 is 18.0 Å². The molecular weight excluding hydrogens is 570 g/mol. The maximum absolute atomic E-state index is 14.3. The summed E-state index contributed by atoms with van der Waals surface area (Å²) in [5.41, 5.74) is 3.67. The Morgan fingerprint density at radius 2 is 1.60 bits per heavy atom. The van der Waals surface area contributed by atoms with Gasteiger partial charge in [-0.25, -0.2) is 8.42 Å². The van der Waals surface area contributed by atoms with Gasteiger partial charge in [0.2, 0.25) is 21.8 Å². The highest BCUT2D eigenvalue weighted by molar-refractivity contribution is 7.92. The van der Waals surface area contributed by atoms with Crippen molar-refractivity contribution in [2.75, 3.05) is 17.1 Å². The highest BCUT2D eigenvalue weighted by Gasteiger charge is 2.34. The molecule has 0 radical (unpaired) electrons. The summed E-state index contributed by atoms with van der Waals surface area (Å²) in [6.45, 7) is 3.38. The number of hydrogen-bond acceptors (Lipinski definition) is 4. The van der Waals surface area contributed by atoms with Crippen LogP contribution < -0.4 is 9.62 Å². The number of nitrogens with one attached hydrogen (secondary N) is 1. The zero-order chi connectivity index (χ0) is 30.3. The number of carbonyl (C=O) groups excluding carboxylic acids is 2. The molecule has 0 spiro atoms. The van der Waals surface area contributed by atoms with Gasteiger partial charge in [-0.2, -0.15) is 0 Å². The molecule has 0 unspecified atom stereocenters. The lowest BCUT2D eigenvalue weighted by Crippen LogP contribution is -2.55. The molecule has 224 valence electrons. The topological polar surface area (TPSA) is 86.8 Å². The molecule has 9 heteroatoms. The quantitative estimate of drug-likeness (QED) is 0.297. The smallest absolute Gasteiger partial charge is 0.244 e. The predicted molar refractivity (Wildman–Crippen MR) is 169 cm³/mol. The summed E-state index contributed by atoms with van der Waals surface area (Å²) < 4.78 is 27.2. The molecule has 4 rings (SSSR count). The van der Waals surface area contributed by atoms with Crippen molar-refractivity contribution in [3.63, 3.8) is 0 Å². The largest absolute Gasteiger partial charge is 0.352 e. The van der Waals surface area contributed by atoms with Gasteiger partial charge in [0.1, 0.15) is 12.6 Å². The fourth-order valence-corrected chi connectivity index (χ4v) is 6.60. The van der Waals surface area contributed by atoms with E-state index in [9.17, 15) is 18.0 Å². The molecule has 7 nitrogen and oxygen atoms in total. The third-order valence-corrected chi connectivity index (χ3v) is 9.55. The summed E-state index contributed by atoms with van der Waals surface area (Å²) in [5.74, 6) is -0.694. The van der Waals surface area contributed by atoms with E-state index < -0.39 is 28.5 Å². The number of halogens is 1. The molecule has 1 aliphatic rings. The van der Waals surface area contributed by atoms with Crippen LogP contribution >= 0.6 is 11.6 Å². The van der Waals surface area contributed by atoms with Crippen LogP contribution in [0.15, 0.2) is 72.8 Å². The zero-order valence-electron chi connectivity index (χ0n) is 24.6. The van der Waals surface area contributed by atoms with Crippen LogP contribution in [-0.4, -0.2) is 50.0 Å². The molecular formula is C33H40ClN3O4S. The van der Waals surface area contributed by atoms with Gasteiger partial charge in [-0.15, -0.1) is 0 Å². The average Bonchev–Trinajstić information content (AvgIpc) is 2.96. The van der Waals surface area contributed by atoms with Crippen LogP contribution in [-0.2, 0) is 32.6 Å². The number of rotatable bonds is 11. The van der Waals surface area contributed by atoms with Crippen molar-refractivity contribution in [2.24, 2.45) is 0 Å². The lowest BCUT2D eigenvalue weighted by Gasteiger charge is -2.35. The number of sulfonamides is 1. The Bertz CT molecular complexity index is 1490. The van der Waals surface area contributed by atoms with Crippen molar-refractivity contribution in [3.05, 3.63) is 100 Å². The normalized spacial score (nSPS) is 14.7. The summed E-state index contributed by atoms with van der Waals surface area (Å²) in [6.07, 6.45) is 6.46. The van der Waals surface area contributed by atoms with Crippen molar-refractivity contribution >= 4 is 39.1 Å². The summed E-state index contributed by atoms with van der Waals surface area (Å²) >= 11 is 6.34. The monoisotopic (exact) mass is 609 g/mol. The first-order chi connectivity index (χ1) is 20.0. The number of nitrogens with zero attached hydrogens (tertiary/aromatic N) is 2. The van der Waals surface area contributed by atoms with Crippen LogP contribution in [0.25, 0.3) is 0 Å². The van der Waals surface area contributed by atoms with Crippen LogP contribution in [0.5, 0.6) is 0 Å². The molecule has 0 heterocycles. The second-order valence-corrected chi connectivity index (χ2v) is 13.5. The van der Waals surface area contributed by atoms with E-state index in [0.29, 0.717) is 22.7 Å².